The lowest BCUT2D eigenvalue weighted by Gasteiger charge is -2.23. The lowest BCUT2D eigenvalue weighted by molar-refractivity contribution is 0.539. The zero-order chi connectivity index (χ0) is 7.84. The number of nitrogens with zero attached hydrogens (tertiary/aromatic N) is 2. The van der Waals surface area contributed by atoms with Gasteiger partial charge in [0.1, 0.15) is 0 Å². The molecule has 0 aromatic carbocycles. The van der Waals surface area contributed by atoms with Gasteiger partial charge in [0.25, 0.3) is 5.95 Å². The largest absolute Gasteiger partial charge is 0.296 e. The van der Waals surface area contributed by atoms with Crippen LogP contribution >= 0.6 is 12.2 Å². The third-order valence-electron chi connectivity index (χ3n) is 1.28. The van der Waals surface area contributed by atoms with E-state index >= 15 is 0 Å². The van der Waals surface area contributed by atoms with Gasteiger partial charge in [-0.2, -0.15) is 10.1 Å². The van der Waals surface area contributed by atoms with E-state index in [1.165, 1.54) is 0 Å². The van der Waals surface area contributed by atoms with Crippen molar-refractivity contribution in [1.29, 1.82) is 0 Å². The van der Waals surface area contributed by atoms with E-state index in [9.17, 15) is 0 Å². The van der Waals surface area contributed by atoms with Crippen molar-refractivity contribution in [2.24, 2.45) is 5.73 Å². The van der Waals surface area contributed by atoms with Gasteiger partial charge < -0.3 is 0 Å². The van der Waals surface area contributed by atoms with Crippen LogP contribution in [0.1, 0.15) is 0 Å². The van der Waals surface area contributed by atoms with Gasteiger partial charge in [-0.3, -0.25) is 16.6 Å². The first-order chi connectivity index (χ1) is 5.27. The molecule has 0 bridgehead atoms. The molecule has 2 rings (SSSR count). The number of anilines is 1. The number of hydrogen-bond donors (Lipinski definition) is 5. The fraction of sp³-hybridized carbons (Fsp3) is 0.333. The molecule has 0 amide bonds. The van der Waals surface area contributed by atoms with E-state index in [0.29, 0.717) is 10.7 Å². The van der Waals surface area contributed by atoms with Crippen LogP contribution in [0.2, 0.25) is 0 Å². The van der Waals surface area contributed by atoms with Crippen LogP contribution in [0.5, 0.6) is 0 Å². The van der Waals surface area contributed by atoms with Crippen LogP contribution < -0.4 is 22.0 Å². The number of hydrazine groups is 1. The molecule has 0 spiro atoms. The fourth-order valence-corrected chi connectivity index (χ4v) is 0.999. The van der Waals surface area contributed by atoms with Crippen LogP contribution in [0.4, 0.5) is 5.95 Å². The van der Waals surface area contributed by atoms with Crippen LogP contribution in [-0.2, 0) is 0 Å². The predicted octanol–water partition coefficient (Wildman–Crippen LogP) is -1.34. The van der Waals surface area contributed by atoms with Gasteiger partial charge in [0, 0.05) is 0 Å². The Labute approximate surface area is 66.9 Å². The molecule has 6 N–H and O–H groups in total. The second-order valence-corrected chi connectivity index (χ2v) is 2.45. The fourth-order valence-electron chi connectivity index (χ4n) is 0.814. The number of hydrogen-bond acceptors (Lipinski definition) is 6. The van der Waals surface area contributed by atoms with Crippen molar-refractivity contribution in [3.63, 3.8) is 0 Å². The van der Waals surface area contributed by atoms with Gasteiger partial charge >= 0.3 is 0 Å². The Bertz CT molecular complexity index is 312. The van der Waals surface area contributed by atoms with Crippen LogP contribution in [0.3, 0.4) is 0 Å². The van der Waals surface area contributed by atoms with Crippen molar-refractivity contribution in [2.45, 2.75) is 6.29 Å². The Balaban J connectivity index is 2.45. The number of aromatic amines is 1. The molecule has 1 aliphatic heterocycles. The van der Waals surface area contributed by atoms with E-state index in [1.54, 1.807) is 4.68 Å². The topological polar surface area (TPSA) is 95.7 Å². The molecule has 0 saturated carbocycles. The summed E-state index contributed by atoms with van der Waals surface area (Å²) in [4.78, 5) is 0. The van der Waals surface area contributed by atoms with Crippen molar-refractivity contribution >= 4 is 18.2 Å². The van der Waals surface area contributed by atoms with Crippen LogP contribution in [0, 0.1) is 4.77 Å². The molecular formula is C3H7N7S. The molecule has 8 heteroatoms. The van der Waals surface area contributed by atoms with E-state index in [1.807, 2.05) is 0 Å². The SMILES string of the molecule is N[C@H]1NNc2n[nH]c(=S)n2N1. The van der Waals surface area contributed by atoms with Crippen LogP contribution in [0.15, 0.2) is 0 Å². The average molecular weight is 173 g/mol. The second kappa shape index (κ2) is 2.19. The highest BCUT2D eigenvalue weighted by Crippen LogP contribution is 2.02. The maximum absolute atomic E-state index is 5.48. The standard InChI is InChI=1S/C3H7N7S/c4-1-5-6-2-7-8-3(11)10(2)9-1/h1,5,9H,4H2,(H,6,7)(H,8,11)/t1-/m0/s1. The number of aromatic nitrogens is 3. The van der Waals surface area contributed by atoms with Crippen LogP contribution in [0.25, 0.3) is 0 Å². The highest BCUT2D eigenvalue weighted by molar-refractivity contribution is 7.71. The van der Waals surface area contributed by atoms with E-state index < -0.39 is 0 Å². The minimum atomic E-state index is -0.369. The van der Waals surface area contributed by atoms with Crippen molar-refractivity contribution in [2.75, 3.05) is 10.9 Å². The van der Waals surface area contributed by atoms with Crippen molar-refractivity contribution in [3.8, 4) is 0 Å². The molecule has 0 aliphatic carbocycles. The molecule has 2 heterocycles. The Morgan fingerprint density at radius 2 is 2.45 bits per heavy atom. The van der Waals surface area contributed by atoms with E-state index in [4.69, 9.17) is 18.0 Å². The van der Waals surface area contributed by atoms with E-state index in [0.717, 1.165) is 0 Å². The molecule has 60 valence electrons. The summed E-state index contributed by atoms with van der Waals surface area (Å²) in [5.41, 5.74) is 13.8. The summed E-state index contributed by atoms with van der Waals surface area (Å²) in [5, 5.41) is 6.44. The summed E-state index contributed by atoms with van der Waals surface area (Å²) < 4.78 is 2.03. The molecule has 0 saturated heterocycles. The summed E-state index contributed by atoms with van der Waals surface area (Å²) in [5.74, 6) is 0.566. The minimum Gasteiger partial charge on any atom is -0.296 e. The van der Waals surface area contributed by atoms with Crippen molar-refractivity contribution in [3.05, 3.63) is 4.77 Å². The van der Waals surface area contributed by atoms with Gasteiger partial charge in [-0.15, -0.1) is 5.10 Å². The van der Waals surface area contributed by atoms with Gasteiger partial charge in [-0.05, 0) is 12.2 Å². The first-order valence-electron chi connectivity index (χ1n) is 2.98. The number of fused-ring (bicyclic) bond motifs is 1. The van der Waals surface area contributed by atoms with Gasteiger partial charge in [0.2, 0.25) is 4.77 Å². The van der Waals surface area contributed by atoms with Crippen LogP contribution in [-0.4, -0.2) is 21.2 Å². The number of nitrogens with one attached hydrogen (secondary N) is 4. The van der Waals surface area contributed by atoms with E-state index in [2.05, 4.69) is 26.5 Å². The Morgan fingerprint density at radius 3 is 3.27 bits per heavy atom. The molecule has 0 radical (unpaired) electrons. The molecular weight excluding hydrogens is 166 g/mol. The van der Waals surface area contributed by atoms with Gasteiger partial charge in [0.05, 0.1) is 0 Å². The van der Waals surface area contributed by atoms with Gasteiger partial charge in [-0.1, -0.05) is 0 Å². The maximum Gasteiger partial charge on any atom is 0.256 e. The molecule has 7 nitrogen and oxygen atoms in total. The third kappa shape index (κ3) is 0.964. The van der Waals surface area contributed by atoms with Crippen molar-refractivity contribution in [1.82, 2.24) is 20.3 Å². The first kappa shape index (κ1) is 6.58. The summed E-state index contributed by atoms with van der Waals surface area (Å²) in [6.07, 6.45) is -0.369. The summed E-state index contributed by atoms with van der Waals surface area (Å²) in [6.45, 7) is 0. The molecule has 1 aliphatic rings. The Hall–Kier alpha value is -1.12. The minimum absolute atomic E-state index is 0.369. The zero-order valence-corrected chi connectivity index (χ0v) is 6.27. The maximum atomic E-state index is 5.48. The first-order valence-corrected chi connectivity index (χ1v) is 3.39. The number of H-pyrrole nitrogens is 1. The highest BCUT2D eigenvalue weighted by atomic mass is 32.1. The smallest absolute Gasteiger partial charge is 0.256 e. The highest BCUT2D eigenvalue weighted by Gasteiger charge is 2.13. The normalized spacial score (nSPS) is 21.7. The summed E-state index contributed by atoms with van der Waals surface area (Å²) in [7, 11) is 0. The zero-order valence-electron chi connectivity index (χ0n) is 5.46. The van der Waals surface area contributed by atoms with Crippen molar-refractivity contribution < 1.29 is 0 Å². The van der Waals surface area contributed by atoms with Gasteiger partial charge in [-0.25, -0.2) is 5.10 Å². The summed E-state index contributed by atoms with van der Waals surface area (Å²) >= 11 is 4.88. The van der Waals surface area contributed by atoms with E-state index in [-0.39, 0.29) is 6.29 Å². The quantitative estimate of drug-likeness (QED) is 0.312. The lowest BCUT2D eigenvalue weighted by Crippen LogP contribution is -2.54. The predicted molar refractivity (Wildman–Crippen MR) is 41.5 cm³/mol. The third-order valence-corrected chi connectivity index (χ3v) is 1.55. The Morgan fingerprint density at radius 1 is 1.64 bits per heavy atom. The molecule has 0 fully saturated rings. The molecule has 1 atom stereocenters. The summed E-state index contributed by atoms with van der Waals surface area (Å²) in [6, 6.07) is 0. The molecule has 1 aromatic rings. The average Bonchev–Trinajstić information content (AvgIpc) is 2.33. The monoisotopic (exact) mass is 173 g/mol. The number of nitrogens with two attached hydrogens (primary N) is 1. The Kier molecular flexibility index (Phi) is 1.31. The lowest BCUT2D eigenvalue weighted by atomic mass is 10.8. The molecule has 1 aromatic heterocycles. The van der Waals surface area contributed by atoms with Gasteiger partial charge in [0.15, 0.2) is 6.29 Å². The second-order valence-electron chi connectivity index (χ2n) is 2.06. The molecule has 0 unspecified atom stereocenters. The molecule has 11 heavy (non-hydrogen) atoms. The number of rotatable bonds is 0.